The monoisotopic (exact) mass is 634 g/mol. The zero-order valence-corrected chi connectivity index (χ0v) is 27.5. The van der Waals surface area contributed by atoms with Crippen LogP contribution < -0.4 is 0 Å². The van der Waals surface area contributed by atoms with E-state index in [4.69, 9.17) is 0 Å². The molecule has 0 spiro atoms. The van der Waals surface area contributed by atoms with Crippen LogP contribution in [0.2, 0.25) is 0 Å². The predicted octanol–water partition coefficient (Wildman–Crippen LogP) is 10.7. The lowest BCUT2D eigenvalue weighted by molar-refractivity contribution is 0.327. The van der Waals surface area contributed by atoms with Gasteiger partial charge in [0.15, 0.2) is 11.5 Å². The first-order chi connectivity index (χ1) is 23.0. The first-order valence-electron chi connectivity index (χ1n) is 15.8. The van der Waals surface area contributed by atoms with Crippen molar-refractivity contribution in [2.45, 2.75) is 33.1 Å². The van der Waals surface area contributed by atoms with Crippen LogP contribution in [0.4, 0.5) is 0 Å². The molecule has 5 N–H and O–H groups in total. The smallest absolute Gasteiger partial charge is 0.208 e. The first kappa shape index (κ1) is 32.0. The number of rotatable bonds is 7. The highest BCUT2D eigenvalue weighted by Crippen LogP contribution is 2.54. The molecule has 48 heavy (non-hydrogen) atoms. The fourth-order valence-electron chi connectivity index (χ4n) is 7.18. The molecule has 0 bridgehead atoms. The summed E-state index contributed by atoms with van der Waals surface area (Å²) in [7, 11) is 0. The third-order valence-electron chi connectivity index (χ3n) is 9.46. The van der Waals surface area contributed by atoms with Crippen molar-refractivity contribution in [2.24, 2.45) is 0 Å². The Balaban J connectivity index is 1.75. The minimum absolute atomic E-state index is 0.212. The summed E-state index contributed by atoms with van der Waals surface area (Å²) in [5, 5.41) is 52.5. The van der Waals surface area contributed by atoms with E-state index >= 15 is 0 Å². The van der Waals surface area contributed by atoms with Crippen LogP contribution in [0.25, 0.3) is 63.3 Å². The van der Waals surface area contributed by atoms with Crippen molar-refractivity contribution in [3.63, 3.8) is 0 Å². The van der Waals surface area contributed by atoms with Crippen molar-refractivity contribution < 1.29 is 25.5 Å². The Morgan fingerprint density at radius 1 is 0.604 bits per heavy atom. The zero-order chi connectivity index (χ0) is 34.5. The highest BCUT2D eigenvalue weighted by molar-refractivity contribution is 6.03. The largest absolute Gasteiger partial charge is 0.504 e. The summed E-state index contributed by atoms with van der Waals surface area (Å²) in [5.41, 5.74) is 11.8. The summed E-state index contributed by atoms with van der Waals surface area (Å²) in [6.45, 7) is 16.6. The van der Waals surface area contributed by atoms with Crippen molar-refractivity contribution in [2.75, 3.05) is 0 Å². The van der Waals surface area contributed by atoms with Gasteiger partial charge in [0.05, 0.1) is 5.56 Å². The Labute approximate surface area is 281 Å². The fourth-order valence-corrected chi connectivity index (χ4v) is 7.18. The average molecular weight is 635 g/mol. The summed E-state index contributed by atoms with van der Waals surface area (Å²) in [6, 6.07) is 24.9. The third kappa shape index (κ3) is 4.78. The van der Waals surface area contributed by atoms with Crippen LogP contribution in [0.5, 0.6) is 28.7 Å². The van der Waals surface area contributed by atoms with E-state index in [9.17, 15) is 25.5 Å². The van der Waals surface area contributed by atoms with Crippen molar-refractivity contribution in [3.05, 3.63) is 131 Å². The van der Waals surface area contributed by atoms with E-state index in [-0.39, 0.29) is 11.0 Å². The van der Waals surface area contributed by atoms with Crippen molar-refractivity contribution >= 4 is 29.9 Å². The van der Waals surface area contributed by atoms with Crippen LogP contribution in [0.15, 0.2) is 92.0 Å². The molecule has 240 valence electrons. The lowest BCUT2D eigenvalue weighted by Crippen LogP contribution is -2.15. The second-order valence-electron chi connectivity index (χ2n) is 12.6. The SMILES string of the molecule is C=Cc1c(/C=C\C)c(-c2ccccc2)c(/C=C(\C)c2c(O)c(O)c(O)c(O)c2O)c(C=C)c1-c1ccc2c(c1)C(C)(C)c1ccccc1-2. The van der Waals surface area contributed by atoms with Crippen LogP contribution in [0, 0.1) is 0 Å². The summed E-state index contributed by atoms with van der Waals surface area (Å²) in [5.74, 6) is -4.38. The summed E-state index contributed by atoms with van der Waals surface area (Å²) in [4.78, 5) is 0. The van der Waals surface area contributed by atoms with Gasteiger partial charge in [0.2, 0.25) is 17.2 Å². The van der Waals surface area contributed by atoms with Gasteiger partial charge < -0.3 is 25.5 Å². The Morgan fingerprint density at radius 3 is 1.77 bits per heavy atom. The van der Waals surface area contributed by atoms with Crippen LogP contribution in [0.1, 0.15) is 66.6 Å². The van der Waals surface area contributed by atoms with E-state index in [2.05, 4.69) is 69.5 Å². The normalized spacial score (nSPS) is 13.4. The Morgan fingerprint density at radius 2 is 1.15 bits per heavy atom. The van der Waals surface area contributed by atoms with Gasteiger partial charge in [0, 0.05) is 5.41 Å². The predicted molar refractivity (Wildman–Crippen MR) is 198 cm³/mol. The molecule has 0 unspecified atom stereocenters. The van der Waals surface area contributed by atoms with E-state index in [1.807, 2.05) is 55.5 Å². The Kier molecular flexibility index (Phi) is 8.01. The number of benzene rings is 5. The fraction of sp³-hybridized carbons (Fsp3) is 0.116. The second kappa shape index (κ2) is 12.0. The van der Waals surface area contributed by atoms with Gasteiger partial charge in [0.1, 0.15) is 0 Å². The Hall–Kier alpha value is -5.94. The number of fused-ring (bicyclic) bond motifs is 3. The third-order valence-corrected chi connectivity index (χ3v) is 9.46. The van der Waals surface area contributed by atoms with E-state index in [1.54, 1.807) is 19.1 Å². The van der Waals surface area contributed by atoms with Crippen molar-refractivity contribution in [1.82, 2.24) is 0 Å². The molecule has 0 radical (unpaired) electrons. The number of phenolic OH excluding ortho intramolecular Hbond substituents is 5. The van der Waals surface area contributed by atoms with Gasteiger partial charge in [-0.05, 0) is 98.3 Å². The number of phenols is 5. The van der Waals surface area contributed by atoms with E-state index in [0.29, 0.717) is 5.57 Å². The van der Waals surface area contributed by atoms with Gasteiger partial charge in [-0.1, -0.05) is 118 Å². The quantitative estimate of drug-likeness (QED) is 0.0697. The van der Waals surface area contributed by atoms with Gasteiger partial charge >= 0.3 is 0 Å². The van der Waals surface area contributed by atoms with Gasteiger partial charge in [0.25, 0.3) is 0 Å². The summed E-state index contributed by atoms with van der Waals surface area (Å²) < 4.78 is 0. The number of hydrogen-bond acceptors (Lipinski definition) is 5. The maximum atomic E-state index is 10.8. The molecule has 0 saturated heterocycles. The van der Waals surface area contributed by atoms with Gasteiger partial charge in [-0.2, -0.15) is 0 Å². The highest BCUT2D eigenvalue weighted by Gasteiger charge is 2.36. The van der Waals surface area contributed by atoms with Crippen molar-refractivity contribution in [3.8, 4) is 62.1 Å². The average Bonchev–Trinajstić information content (AvgIpc) is 3.32. The van der Waals surface area contributed by atoms with Gasteiger partial charge in [-0.3, -0.25) is 0 Å². The Bertz CT molecular complexity index is 2170. The molecular weight excluding hydrogens is 596 g/mol. The van der Waals surface area contributed by atoms with Crippen LogP contribution in [-0.2, 0) is 5.41 Å². The van der Waals surface area contributed by atoms with Crippen molar-refractivity contribution in [1.29, 1.82) is 0 Å². The molecule has 0 heterocycles. The van der Waals surface area contributed by atoms with Crippen LogP contribution in [0.3, 0.4) is 0 Å². The molecule has 1 aliphatic rings. The number of aromatic hydroxyl groups is 5. The van der Waals surface area contributed by atoms with Gasteiger partial charge in [-0.25, -0.2) is 0 Å². The van der Waals surface area contributed by atoms with E-state index < -0.39 is 28.7 Å². The van der Waals surface area contributed by atoms with E-state index in [1.165, 1.54) is 22.3 Å². The molecule has 1 aliphatic carbocycles. The molecule has 0 fully saturated rings. The zero-order valence-electron chi connectivity index (χ0n) is 27.5. The molecule has 0 amide bonds. The summed E-state index contributed by atoms with van der Waals surface area (Å²) in [6.07, 6.45) is 9.48. The first-order valence-corrected chi connectivity index (χ1v) is 15.8. The molecule has 0 atom stereocenters. The topological polar surface area (TPSA) is 101 Å². The van der Waals surface area contributed by atoms with Gasteiger partial charge in [-0.15, -0.1) is 0 Å². The molecule has 5 aromatic rings. The standard InChI is InChI=1S/C43H38O5/c1-7-15-31-27(8-2)37(26-20-21-30-29-18-13-14-19-33(29)43(5,6)34(30)23-26)28(9-3)32(36(31)25-16-11-10-12-17-25)22-24(4)35-38(44)40(46)42(48)41(47)39(35)45/h7-23,44-48H,2-3H2,1,4-6H3/b15-7-,24-22+. The minimum Gasteiger partial charge on any atom is -0.504 e. The lowest BCUT2D eigenvalue weighted by atomic mass is 9.78. The molecule has 5 aromatic carbocycles. The van der Waals surface area contributed by atoms with Crippen LogP contribution >= 0.6 is 0 Å². The highest BCUT2D eigenvalue weighted by atomic mass is 16.4. The maximum absolute atomic E-state index is 10.8. The number of hydrogen-bond donors (Lipinski definition) is 5. The van der Waals surface area contributed by atoms with E-state index in [0.717, 1.165) is 44.5 Å². The molecule has 0 aromatic heterocycles. The molecule has 5 nitrogen and oxygen atoms in total. The molecule has 5 heteroatoms. The molecule has 0 aliphatic heterocycles. The molecule has 6 rings (SSSR count). The maximum Gasteiger partial charge on any atom is 0.208 e. The molecule has 0 saturated carbocycles. The minimum atomic E-state index is -1.01. The second-order valence-corrected chi connectivity index (χ2v) is 12.6. The molecular formula is C43H38O5. The van der Waals surface area contributed by atoms with Crippen LogP contribution in [-0.4, -0.2) is 25.5 Å². The summed E-state index contributed by atoms with van der Waals surface area (Å²) >= 11 is 0. The number of allylic oxidation sites excluding steroid dienone is 2. The lowest BCUT2D eigenvalue weighted by Gasteiger charge is -2.25.